The number of rotatable bonds is 7. The first-order chi connectivity index (χ1) is 14.1. The van der Waals surface area contributed by atoms with Crippen LogP contribution in [0.2, 0.25) is 0 Å². The minimum atomic E-state index is -0.669. The van der Waals surface area contributed by atoms with Crippen molar-refractivity contribution in [3.05, 3.63) is 78.4 Å². The SMILES string of the molecule is COc1ccc(OC(C)C(=O)Nc2ccc(Oc3ccc(C#N)cc3)cc2)cc1. The van der Waals surface area contributed by atoms with Crippen LogP contribution in [-0.2, 0) is 4.79 Å². The van der Waals surface area contributed by atoms with Gasteiger partial charge in [0.15, 0.2) is 6.10 Å². The molecular formula is C23H20N2O4. The van der Waals surface area contributed by atoms with Crippen LogP contribution in [0.3, 0.4) is 0 Å². The lowest BCUT2D eigenvalue weighted by atomic mass is 10.2. The van der Waals surface area contributed by atoms with Gasteiger partial charge in [-0.2, -0.15) is 5.26 Å². The third kappa shape index (κ3) is 5.50. The summed E-state index contributed by atoms with van der Waals surface area (Å²) in [6, 6.07) is 22.9. The number of anilines is 1. The lowest BCUT2D eigenvalue weighted by Crippen LogP contribution is -2.30. The average molecular weight is 388 g/mol. The zero-order valence-electron chi connectivity index (χ0n) is 16.1. The minimum Gasteiger partial charge on any atom is -0.497 e. The van der Waals surface area contributed by atoms with Gasteiger partial charge in [0.05, 0.1) is 18.7 Å². The molecular weight excluding hydrogens is 368 g/mol. The van der Waals surface area contributed by atoms with E-state index in [2.05, 4.69) is 11.4 Å². The molecule has 1 unspecified atom stereocenters. The number of hydrogen-bond acceptors (Lipinski definition) is 5. The Balaban J connectivity index is 1.55. The van der Waals surface area contributed by atoms with Gasteiger partial charge in [-0.25, -0.2) is 0 Å². The Morgan fingerprint density at radius 2 is 1.38 bits per heavy atom. The van der Waals surface area contributed by atoms with Crippen LogP contribution < -0.4 is 19.5 Å². The summed E-state index contributed by atoms with van der Waals surface area (Å²) < 4.78 is 16.5. The zero-order chi connectivity index (χ0) is 20.6. The van der Waals surface area contributed by atoms with E-state index in [0.717, 1.165) is 5.75 Å². The topological polar surface area (TPSA) is 80.6 Å². The first kappa shape index (κ1) is 19.8. The highest BCUT2D eigenvalue weighted by Gasteiger charge is 2.15. The minimum absolute atomic E-state index is 0.262. The zero-order valence-corrected chi connectivity index (χ0v) is 16.1. The van der Waals surface area contributed by atoms with E-state index in [-0.39, 0.29) is 5.91 Å². The molecule has 1 atom stereocenters. The van der Waals surface area contributed by atoms with Crippen molar-refractivity contribution >= 4 is 11.6 Å². The predicted molar refractivity (Wildman–Crippen MR) is 109 cm³/mol. The van der Waals surface area contributed by atoms with Crippen LogP contribution in [0.1, 0.15) is 12.5 Å². The number of nitriles is 1. The van der Waals surface area contributed by atoms with E-state index in [1.165, 1.54) is 0 Å². The maximum Gasteiger partial charge on any atom is 0.265 e. The molecule has 1 N–H and O–H groups in total. The summed E-state index contributed by atoms with van der Waals surface area (Å²) in [6.07, 6.45) is -0.669. The molecule has 0 saturated carbocycles. The third-order valence-electron chi connectivity index (χ3n) is 4.08. The molecule has 29 heavy (non-hydrogen) atoms. The van der Waals surface area contributed by atoms with E-state index in [9.17, 15) is 4.79 Å². The van der Waals surface area contributed by atoms with Crippen LogP contribution in [0.25, 0.3) is 0 Å². The molecule has 0 spiro atoms. The summed E-state index contributed by atoms with van der Waals surface area (Å²) in [5, 5.41) is 11.6. The molecule has 146 valence electrons. The number of nitrogens with zero attached hydrogens (tertiary/aromatic N) is 1. The van der Waals surface area contributed by atoms with Gasteiger partial charge in [-0.1, -0.05) is 0 Å². The molecule has 1 amide bonds. The van der Waals surface area contributed by atoms with Crippen molar-refractivity contribution in [2.75, 3.05) is 12.4 Å². The molecule has 6 heteroatoms. The number of carbonyl (C=O) groups is 1. The van der Waals surface area contributed by atoms with Crippen LogP contribution in [0, 0.1) is 11.3 Å². The van der Waals surface area contributed by atoms with Crippen LogP contribution in [0.15, 0.2) is 72.8 Å². The second-order valence-corrected chi connectivity index (χ2v) is 6.19. The fourth-order valence-corrected chi connectivity index (χ4v) is 2.50. The molecule has 3 aromatic carbocycles. The normalized spacial score (nSPS) is 11.1. The lowest BCUT2D eigenvalue weighted by Gasteiger charge is -2.15. The first-order valence-corrected chi connectivity index (χ1v) is 8.97. The van der Waals surface area contributed by atoms with E-state index in [0.29, 0.717) is 28.5 Å². The monoisotopic (exact) mass is 388 g/mol. The Morgan fingerprint density at radius 1 is 0.862 bits per heavy atom. The molecule has 0 heterocycles. The Labute approximate surface area is 169 Å². The lowest BCUT2D eigenvalue weighted by molar-refractivity contribution is -0.122. The van der Waals surface area contributed by atoms with Gasteiger partial charge in [-0.3, -0.25) is 4.79 Å². The van der Waals surface area contributed by atoms with Gasteiger partial charge >= 0.3 is 0 Å². The maximum atomic E-state index is 12.4. The number of nitrogens with one attached hydrogen (secondary N) is 1. The molecule has 0 aliphatic carbocycles. The molecule has 0 aromatic heterocycles. The maximum absolute atomic E-state index is 12.4. The Bertz CT molecular complexity index is 991. The fourth-order valence-electron chi connectivity index (χ4n) is 2.50. The quantitative estimate of drug-likeness (QED) is 0.631. The third-order valence-corrected chi connectivity index (χ3v) is 4.08. The van der Waals surface area contributed by atoms with Gasteiger partial charge in [0.2, 0.25) is 0 Å². The molecule has 6 nitrogen and oxygen atoms in total. The van der Waals surface area contributed by atoms with Gasteiger partial charge in [-0.05, 0) is 79.7 Å². The van der Waals surface area contributed by atoms with Gasteiger partial charge in [0.25, 0.3) is 5.91 Å². The molecule has 3 rings (SSSR count). The van der Waals surface area contributed by atoms with E-state index < -0.39 is 6.10 Å². The number of hydrogen-bond donors (Lipinski definition) is 1. The van der Waals surface area contributed by atoms with Gasteiger partial charge in [0, 0.05) is 5.69 Å². The van der Waals surface area contributed by atoms with Crippen LogP contribution >= 0.6 is 0 Å². The molecule has 0 aliphatic rings. The molecule has 0 saturated heterocycles. The average Bonchev–Trinajstić information content (AvgIpc) is 2.76. The molecule has 0 fully saturated rings. The number of methoxy groups -OCH3 is 1. The summed E-state index contributed by atoms with van der Waals surface area (Å²) in [7, 11) is 1.59. The van der Waals surface area contributed by atoms with Crippen molar-refractivity contribution in [2.45, 2.75) is 13.0 Å². The summed E-state index contributed by atoms with van der Waals surface area (Å²) >= 11 is 0. The summed E-state index contributed by atoms with van der Waals surface area (Å²) in [5.74, 6) is 2.29. The van der Waals surface area contributed by atoms with Crippen LogP contribution in [0.4, 0.5) is 5.69 Å². The number of benzene rings is 3. The Kier molecular flexibility index (Phi) is 6.33. The first-order valence-electron chi connectivity index (χ1n) is 8.97. The fraction of sp³-hybridized carbons (Fsp3) is 0.130. The van der Waals surface area contributed by atoms with Crippen molar-refractivity contribution in [1.82, 2.24) is 0 Å². The Morgan fingerprint density at radius 3 is 1.93 bits per heavy atom. The van der Waals surface area contributed by atoms with Crippen molar-refractivity contribution in [3.8, 4) is 29.1 Å². The predicted octanol–water partition coefficient (Wildman–Crippen LogP) is 4.77. The largest absolute Gasteiger partial charge is 0.497 e. The number of ether oxygens (including phenoxy) is 3. The van der Waals surface area contributed by atoms with Crippen molar-refractivity contribution in [3.63, 3.8) is 0 Å². The van der Waals surface area contributed by atoms with Crippen LogP contribution in [-0.4, -0.2) is 19.1 Å². The second-order valence-electron chi connectivity index (χ2n) is 6.19. The molecule has 0 bridgehead atoms. The highest BCUT2D eigenvalue weighted by molar-refractivity contribution is 5.94. The summed E-state index contributed by atoms with van der Waals surface area (Å²) in [5.41, 5.74) is 1.20. The summed E-state index contributed by atoms with van der Waals surface area (Å²) in [4.78, 5) is 12.4. The Hall–Kier alpha value is -3.98. The highest BCUT2D eigenvalue weighted by atomic mass is 16.5. The van der Waals surface area contributed by atoms with Gasteiger partial charge < -0.3 is 19.5 Å². The van der Waals surface area contributed by atoms with Crippen molar-refractivity contribution in [1.29, 1.82) is 5.26 Å². The van der Waals surface area contributed by atoms with E-state index in [1.807, 2.05) is 0 Å². The van der Waals surface area contributed by atoms with E-state index in [4.69, 9.17) is 19.5 Å². The van der Waals surface area contributed by atoms with Crippen molar-refractivity contribution < 1.29 is 19.0 Å². The number of amides is 1. The molecule has 0 aliphatic heterocycles. The van der Waals surface area contributed by atoms with Gasteiger partial charge in [0.1, 0.15) is 23.0 Å². The second kappa shape index (κ2) is 9.29. The highest BCUT2D eigenvalue weighted by Crippen LogP contribution is 2.24. The smallest absolute Gasteiger partial charge is 0.265 e. The van der Waals surface area contributed by atoms with Crippen LogP contribution in [0.5, 0.6) is 23.0 Å². The number of carbonyl (C=O) groups excluding carboxylic acids is 1. The molecule has 3 aromatic rings. The van der Waals surface area contributed by atoms with Crippen molar-refractivity contribution in [2.24, 2.45) is 0 Å². The standard InChI is InChI=1S/C23H20N2O4/c1-16(28-20-13-11-19(27-2)12-14-20)23(26)25-18-5-9-22(10-6-18)29-21-7-3-17(15-24)4-8-21/h3-14,16H,1-2H3,(H,25,26). The molecule has 0 radical (unpaired) electrons. The van der Waals surface area contributed by atoms with E-state index >= 15 is 0 Å². The summed E-state index contributed by atoms with van der Waals surface area (Å²) in [6.45, 7) is 1.68. The van der Waals surface area contributed by atoms with E-state index in [1.54, 1.807) is 86.8 Å². The van der Waals surface area contributed by atoms with Gasteiger partial charge in [-0.15, -0.1) is 0 Å².